The smallest absolute Gasteiger partial charge is 0.258 e. The van der Waals surface area contributed by atoms with Gasteiger partial charge in [0.15, 0.2) is 5.82 Å². The number of hydrogen-bond acceptors (Lipinski definition) is 2. The number of aromatic amines is 1. The monoisotopic (exact) mass is 327 g/mol. The van der Waals surface area contributed by atoms with Gasteiger partial charge in [0.1, 0.15) is 0 Å². The molecule has 4 nitrogen and oxygen atoms in total. The van der Waals surface area contributed by atoms with Crippen LogP contribution in [0.5, 0.6) is 0 Å². The van der Waals surface area contributed by atoms with Crippen LogP contribution in [0.25, 0.3) is 0 Å². The van der Waals surface area contributed by atoms with Crippen LogP contribution in [0, 0.1) is 0 Å². The van der Waals surface area contributed by atoms with Gasteiger partial charge in [-0.25, -0.2) is 0 Å². The topological polar surface area (TPSA) is 57.8 Å². The summed E-state index contributed by atoms with van der Waals surface area (Å²) >= 11 is 9.28. The molecule has 0 radical (unpaired) electrons. The number of halogens is 2. The highest BCUT2D eigenvalue weighted by molar-refractivity contribution is 9.10. The maximum atomic E-state index is 12.0. The standard InChI is InChI=1S/C12H11BrClN3O/c1-2-8-6-11(17-16-8)15-12(18)9-5-7(13)3-4-10(9)14/h3-6H,2H2,1H3,(H2,15,16,17,18). The molecule has 0 bridgehead atoms. The van der Waals surface area contributed by atoms with Gasteiger partial charge in [0.05, 0.1) is 10.6 Å². The molecule has 0 aliphatic rings. The maximum Gasteiger partial charge on any atom is 0.258 e. The zero-order valence-electron chi connectivity index (χ0n) is 9.63. The van der Waals surface area contributed by atoms with Gasteiger partial charge in [-0.3, -0.25) is 9.89 Å². The predicted octanol–water partition coefficient (Wildman–Crippen LogP) is 3.64. The van der Waals surface area contributed by atoms with Crippen molar-refractivity contribution in [3.63, 3.8) is 0 Å². The minimum atomic E-state index is -0.282. The van der Waals surface area contributed by atoms with Gasteiger partial charge in [0.25, 0.3) is 5.91 Å². The third-order valence-corrected chi connectivity index (χ3v) is 3.25. The third kappa shape index (κ3) is 2.91. The molecule has 0 saturated carbocycles. The molecule has 0 atom stereocenters. The van der Waals surface area contributed by atoms with Crippen molar-refractivity contribution in [1.29, 1.82) is 0 Å². The Morgan fingerprint density at radius 1 is 1.50 bits per heavy atom. The Balaban J connectivity index is 2.19. The van der Waals surface area contributed by atoms with E-state index in [-0.39, 0.29) is 5.91 Å². The number of rotatable bonds is 3. The van der Waals surface area contributed by atoms with Crippen LogP contribution in [0.2, 0.25) is 5.02 Å². The molecule has 18 heavy (non-hydrogen) atoms. The first-order valence-corrected chi connectivity index (χ1v) is 6.58. The maximum absolute atomic E-state index is 12.0. The predicted molar refractivity (Wildman–Crippen MR) is 75.1 cm³/mol. The average Bonchev–Trinajstić information content (AvgIpc) is 2.80. The summed E-state index contributed by atoms with van der Waals surface area (Å²) in [7, 11) is 0. The average molecular weight is 329 g/mol. The van der Waals surface area contributed by atoms with Crippen molar-refractivity contribution >= 4 is 39.3 Å². The fraction of sp³-hybridized carbons (Fsp3) is 0.167. The number of nitrogens with zero attached hydrogens (tertiary/aromatic N) is 1. The first-order chi connectivity index (χ1) is 8.60. The van der Waals surface area contributed by atoms with Crippen LogP contribution in [-0.4, -0.2) is 16.1 Å². The van der Waals surface area contributed by atoms with E-state index >= 15 is 0 Å². The quantitative estimate of drug-likeness (QED) is 0.903. The molecule has 2 rings (SSSR count). The van der Waals surface area contributed by atoms with Crippen LogP contribution in [0.4, 0.5) is 5.82 Å². The second-order valence-electron chi connectivity index (χ2n) is 3.71. The summed E-state index contributed by atoms with van der Waals surface area (Å²) in [6, 6.07) is 6.92. The van der Waals surface area contributed by atoms with E-state index in [0.717, 1.165) is 16.6 Å². The van der Waals surface area contributed by atoms with Gasteiger partial charge in [0, 0.05) is 16.2 Å². The number of aromatic nitrogens is 2. The lowest BCUT2D eigenvalue weighted by Crippen LogP contribution is -2.12. The van der Waals surface area contributed by atoms with Gasteiger partial charge in [-0.2, -0.15) is 5.10 Å². The number of anilines is 1. The molecule has 0 saturated heterocycles. The van der Waals surface area contributed by atoms with E-state index in [1.807, 2.05) is 6.92 Å². The highest BCUT2D eigenvalue weighted by Gasteiger charge is 2.12. The number of H-pyrrole nitrogens is 1. The number of amides is 1. The Morgan fingerprint density at radius 3 is 2.94 bits per heavy atom. The fourth-order valence-corrected chi connectivity index (χ4v) is 2.03. The summed E-state index contributed by atoms with van der Waals surface area (Å²) in [6.45, 7) is 2.00. The molecule has 0 unspecified atom stereocenters. The molecule has 1 amide bonds. The first kappa shape index (κ1) is 13.1. The lowest BCUT2D eigenvalue weighted by molar-refractivity contribution is 0.102. The van der Waals surface area contributed by atoms with E-state index in [1.165, 1.54) is 0 Å². The Hall–Kier alpha value is -1.33. The largest absolute Gasteiger partial charge is 0.305 e. The van der Waals surface area contributed by atoms with Crippen LogP contribution < -0.4 is 5.32 Å². The van der Waals surface area contributed by atoms with Gasteiger partial charge in [0.2, 0.25) is 0 Å². The molecule has 1 aromatic carbocycles. The second-order valence-corrected chi connectivity index (χ2v) is 5.03. The number of benzene rings is 1. The lowest BCUT2D eigenvalue weighted by Gasteiger charge is -2.04. The zero-order chi connectivity index (χ0) is 13.1. The van der Waals surface area contributed by atoms with Crippen molar-refractivity contribution in [3.8, 4) is 0 Å². The van der Waals surface area contributed by atoms with Crippen LogP contribution in [-0.2, 0) is 6.42 Å². The van der Waals surface area contributed by atoms with Crippen molar-refractivity contribution in [1.82, 2.24) is 10.2 Å². The molecule has 94 valence electrons. The number of carbonyl (C=O) groups excluding carboxylic acids is 1. The second kappa shape index (κ2) is 5.54. The normalized spacial score (nSPS) is 10.4. The first-order valence-electron chi connectivity index (χ1n) is 5.41. The SMILES string of the molecule is CCc1cc(NC(=O)c2cc(Br)ccc2Cl)n[nH]1. The van der Waals surface area contributed by atoms with E-state index in [9.17, 15) is 4.79 Å². The van der Waals surface area contributed by atoms with Gasteiger partial charge >= 0.3 is 0 Å². The molecule has 1 heterocycles. The summed E-state index contributed by atoms with van der Waals surface area (Å²) in [6.07, 6.45) is 0.834. The van der Waals surface area contributed by atoms with Crippen molar-refractivity contribution in [3.05, 3.63) is 45.0 Å². The van der Waals surface area contributed by atoms with Gasteiger partial charge in [-0.1, -0.05) is 34.5 Å². The minimum absolute atomic E-state index is 0.282. The fourth-order valence-electron chi connectivity index (χ4n) is 1.46. The summed E-state index contributed by atoms with van der Waals surface area (Å²) in [5, 5.41) is 9.92. The zero-order valence-corrected chi connectivity index (χ0v) is 12.0. The summed E-state index contributed by atoms with van der Waals surface area (Å²) in [4.78, 5) is 12.0. The summed E-state index contributed by atoms with van der Waals surface area (Å²) in [5.41, 5.74) is 1.37. The Morgan fingerprint density at radius 2 is 2.28 bits per heavy atom. The molecule has 0 aliphatic heterocycles. The van der Waals surface area contributed by atoms with E-state index < -0.39 is 0 Å². The summed E-state index contributed by atoms with van der Waals surface area (Å²) < 4.78 is 0.799. The molecular formula is C12H11BrClN3O. The molecule has 2 aromatic rings. The van der Waals surface area contributed by atoms with Gasteiger partial charge in [-0.15, -0.1) is 0 Å². The van der Waals surface area contributed by atoms with E-state index in [4.69, 9.17) is 11.6 Å². The molecular weight excluding hydrogens is 318 g/mol. The van der Waals surface area contributed by atoms with E-state index in [0.29, 0.717) is 16.4 Å². The minimum Gasteiger partial charge on any atom is -0.305 e. The summed E-state index contributed by atoms with van der Waals surface area (Å²) in [5.74, 6) is 0.211. The molecule has 0 spiro atoms. The molecule has 1 aromatic heterocycles. The third-order valence-electron chi connectivity index (χ3n) is 2.43. The Bertz CT molecular complexity index is 582. The van der Waals surface area contributed by atoms with Crippen LogP contribution in [0.3, 0.4) is 0 Å². The molecule has 2 N–H and O–H groups in total. The molecule has 0 fully saturated rings. The van der Waals surface area contributed by atoms with Crippen LogP contribution in [0.1, 0.15) is 23.0 Å². The van der Waals surface area contributed by atoms with Crippen LogP contribution >= 0.6 is 27.5 Å². The highest BCUT2D eigenvalue weighted by Crippen LogP contribution is 2.22. The Kier molecular flexibility index (Phi) is 4.04. The Labute approximate surface area is 118 Å². The number of hydrogen-bond donors (Lipinski definition) is 2. The van der Waals surface area contributed by atoms with Crippen molar-refractivity contribution < 1.29 is 4.79 Å². The lowest BCUT2D eigenvalue weighted by atomic mass is 10.2. The van der Waals surface area contributed by atoms with Gasteiger partial charge < -0.3 is 5.32 Å². The van der Waals surface area contributed by atoms with Crippen molar-refractivity contribution in [2.45, 2.75) is 13.3 Å². The molecule has 0 aliphatic carbocycles. The van der Waals surface area contributed by atoms with Crippen molar-refractivity contribution in [2.24, 2.45) is 0 Å². The highest BCUT2D eigenvalue weighted by atomic mass is 79.9. The molecule has 6 heteroatoms. The van der Waals surface area contributed by atoms with Gasteiger partial charge in [-0.05, 0) is 24.6 Å². The van der Waals surface area contributed by atoms with E-state index in [2.05, 4.69) is 31.4 Å². The van der Waals surface area contributed by atoms with E-state index in [1.54, 1.807) is 24.3 Å². The number of nitrogens with one attached hydrogen (secondary N) is 2. The number of carbonyl (C=O) groups is 1. The van der Waals surface area contributed by atoms with Crippen molar-refractivity contribution in [2.75, 3.05) is 5.32 Å². The number of aryl methyl sites for hydroxylation is 1. The van der Waals surface area contributed by atoms with Crippen LogP contribution in [0.15, 0.2) is 28.7 Å².